The number of aromatic amines is 1. The molecule has 8 nitrogen and oxygen atoms in total. The third-order valence-corrected chi connectivity index (χ3v) is 5.46. The Labute approximate surface area is 186 Å². The number of aromatic nitrogens is 4. The van der Waals surface area contributed by atoms with Gasteiger partial charge in [-0.25, -0.2) is 4.98 Å². The lowest BCUT2D eigenvalue weighted by Crippen LogP contribution is -2.33. The summed E-state index contributed by atoms with van der Waals surface area (Å²) in [7, 11) is 0. The van der Waals surface area contributed by atoms with Crippen LogP contribution in [0, 0.1) is 0 Å². The van der Waals surface area contributed by atoms with Crippen molar-refractivity contribution in [3.8, 4) is 17.1 Å². The molecule has 0 aliphatic carbocycles. The predicted molar refractivity (Wildman–Crippen MR) is 122 cm³/mol. The smallest absolute Gasteiger partial charge is 0.258 e. The highest BCUT2D eigenvalue weighted by atomic mass is 16.5. The van der Waals surface area contributed by atoms with Crippen molar-refractivity contribution in [2.24, 2.45) is 0 Å². The first-order valence-electron chi connectivity index (χ1n) is 10.8. The van der Waals surface area contributed by atoms with Crippen LogP contribution in [0.25, 0.3) is 22.3 Å². The Bertz CT molecular complexity index is 1230. The minimum absolute atomic E-state index is 0.134. The van der Waals surface area contributed by atoms with Gasteiger partial charge in [-0.15, -0.1) is 0 Å². The number of nitrogens with zero attached hydrogens (tertiary/aromatic N) is 4. The van der Waals surface area contributed by atoms with Crippen LogP contribution in [0.15, 0.2) is 57.8 Å². The Morgan fingerprint density at radius 2 is 1.84 bits per heavy atom. The molecule has 0 aliphatic heterocycles. The molecular weight excluding hydrogens is 406 g/mol. The highest BCUT2D eigenvalue weighted by Crippen LogP contribution is 2.21. The zero-order chi connectivity index (χ0) is 22.5. The topological polar surface area (TPSA) is 97.1 Å². The van der Waals surface area contributed by atoms with Crippen molar-refractivity contribution in [1.82, 2.24) is 25.0 Å². The van der Waals surface area contributed by atoms with Crippen molar-refractivity contribution < 1.29 is 9.26 Å². The normalized spacial score (nSPS) is 12.4. The van der Waals surface area contributed by atoms with E-state index in [4.69, 9.17) is 9.26 Å². The number of nitrogens with one attached hydrogen (secondary N) is 1. The molecular formula is C24H27N5O3. The second kappa shape index (κ2) is 9.74. The molecule has 166 valence electrons. The van der Waals surface area contributed by atoms with E-state index in [1.54, 1.807) is 6.07 Å². The third kappa shape index (κ3) is 4.86. The average molecular weight is 434 g/mol. The molecule has 1 unspecified atom stereocenters. The van der Waals surface area contributed by atoms with Crippen LogP contribution in [0.4, 0.5) is 0 Å². The van der Waals surface area contributed by atoms with Crippen LogP contribution in [0.5, 0.6) is 5.75 Å². The van der Waals surface area contributed by atoms with Crippen molar-refractivity contribution in [2.45, 2.75) is 46.3 Å². The number of ether oxygens (including phenoxy) is 1. The number of fused-ring (bicyclic) bond motifs is 1. The van der Waals surface area contributed by atoms with Gasteiger partial charge in [0.05, 0.1) is 30.6 Å². The number of para-hydroxylation sites is 1. The van der Waals surface area contributed by atoms with Gasteiger partial charge in [-0.05, 0) is 56.7 Å². The zero-order valence-corrected chi connectivity index (χ0v) is 18.5. The van der Waals surface area contributed by atoms with Crippen LogP contribution in [0.1, 0.15) is 38.9 Å². The molecule has 0 spiro atoms. The van der Waals surface area contributed by atoms with Gasteiger partial charge in [-0.3, -0.25) is 9.69 Å². The Balaban J connectivity index is 1.53. The molecule has 0 amide bonds. The lowest BCUT2D eigenvalue weighted by molar-refractivity contribution is 0.158. The highest BCUT2D eigenvalue weighted by molar-refractivity contribution is 5.77. The van der Waals surface area contributed by atoms with Crippen molar-refractivity contribution in [3.05, 3.63) is 70.6 Å². The first-order chi connectivity index (χ1) is 15.6. The van der Waals surface area contributed by atoms with Crippen molar-refractivity contribution in [3.63, 3.8) is 0 Å². The summed E-state index contributed by atoms with van der Waals surface area (Å²) in [4.78, 5) is 26.7. The van der Waals surface area contributed by atoms with Crippen molar-refractivity contribution in [1.29, 1.82) is 0 Å². The van der Waals surface area contributed by atoms with Gasteiger partial charge in [0, 0.05) is 11.6 Å². The summed E-state index contributed by atoms with van der Waals surface area (Å²) in [6, 6.07) is 15.2. The Hall–Kier alpha value is -3.52. The second-order valence-electron chi connectivity index (χ2n) is 7.66. The van der Waals surface area contributed by atoms with Crippen LogP contribution in [0.2, 0.25) is 0 Å². The molecule has 0 bridgehead atoms. The molecule has 0 saturated carbocycles. The van der Waals surface area contributed by atoms with E-state index in [0.717, 1.165) is 17.7 Å². The Kier molecular flexibility index (Phi) is 6.61. The largest absolute Gasteiger partial charge is 0.494 e. The van der Waals surface area contributed by atoms with Gasteiger partial charge in [-0.2, -0.15) is 4.98 Å². The molecule has 8 heteroatoms. The van der Waals surface area contributed by atoms with E-state index < -0.39 is 0 Å². The van der Waals surface area contributed by atoms with Gasteiger partial charge in [0.2, 0.25) is 11.7 Å². The lowest BCUT2D eigenvalue weighted by atomic mass is 10.2. The highest BCUT2D eigenvalue weighted by Gasteiger charge is 2.19. The van der Waals surface area contributed by atoms with Crippen LogP contribution in [-0.4, -0.2) is 37.7 Å². The van der Waals surface area contributed by atoms with E-state index in [1.807, 2.05) is 49.4 Å². The number of H-pyrrole nitrogens is 1. The number of rotatable bonds is 9. The first-order valence-corrected chi connectivity index (χ1v) is 10.8. The molecule has 0 aliphatic rings. The minimum Gasteiger partial charge on any atom is -0.494 e. The monoisotopic (exact) mass is 433 g/mol. The summed E-state index contributed by atoms with van der Waals surface area (Å²) in [5, 5.41) is 4.72. The summed E-state index contributed by atoms with van der Waals surface area (Å²) in [6.07, 6.45) is 0.928. The Morgan fingerprint density at radius 1 is 1.06 bits per heavy atom. The van der Waals surface area contributed by atoms with Crippen molar-refractivity contribution in [2.75, 3.05) is 6.61 Å². The average Bonchev–Trinajstić information content (AvgIpc) is 3.27. The fourth-order valence-corrected chi connectivity index (χ4v) is 3.50. The fourth-order valence-electron chi connectivity index (χ4n) is 3.50. The van der Waals surface area contributed by atoms with Gasteiger partial charge < -0.3 is 14.2 Å². The molecule has 0 fully saturated rings. The summed E-state index contributed by atoms with van der Waals surface area (Å²) in [5.74, 6) is 2.46. The van der Waals surface area contributed by atoms with Crippen LogP contribution < -0.4 is 10.3 Å². The van der Waals surface area contributed by atoms with E-state index in [0.29, 0.717) is 48.1 Å². The standard InChI is InChI=1S/C24H27N5O3/c1-4-16(3)29(14-21-25-20-9-7-6-8-19(20)24(30)26-21)15-22-27-23(28-32-22)17-10-12-18(13-11-17)31-5-2/h6-13,16H,4-5,14-15H2,1-3H3,(H,25,26,30). The van der Waals surface area contributed by atoms with Gasteiger partial charge >= 0.3 is 0 Å². The van der Waals surface area contributed by atoms with Crippen LogP contribution in [-0.2, 0) is 13.1 Å². The Morgan fingerprint density at radius 3 is 2.59 bits per heavy atom. The molecule has 1 atom stereocenters. The maximum Gasteiger partial charge on any atom is 0.258 e. The molecule has 2 aromatic heterocycles. The lowest BCUT2D eigenvalue weighted by Gasteiger charge is -2.26. The molecule has 2 aromatic carbocycles. The number of hydrogen-bond acceptors (Lipinski definition) is 7. The molecule has 1 N–H and O–H groups in total. The third-order valence-electron chi connectivity index (χ3n) is 5.46. The van der Waals surface area contributed by atoms with Gasteiger partial charge in [-0.1, -0.05) is 24.2 Å². The zero-order valence-electron chi connectivity index (χ0n) is 18.5. The van der Waals surface area contributed by atoms with Gasteiger partial charge in [0.15, 0.2) is 0 Å². The van der Waals surface area contributed by atoms with Crippen LogP contribution >= 0.6 is 0 Å². The maximum absolute atomic E-state index is 12.4. The van der Waals surface area contributed by atoms with E-state index in [1.165, 1.54) is 0 Å². The molecule has 4 aromatic rings. The molecule has 2 heterocycles. The van der Waals surface area contributed by atoms with E-state index in [-0.39, 0.29) is 11.6 Å². The SMILES string of the molecule is CCOc1ccc(-c2noc(CN(Cc3nc4ccccc4c(=O)[nH]3)C(C)CC)n2)cc1. The first kappa shape index (κ1) is 21.7. The number of hydrogen-bond donors (Lipinski definition) is 1. The summed E-state index contributed by atoms with van der Waals surface area (Å²) in [6.45, 7) is 7.74. The van der Waals surface area contributed by atoms with Gasteiger partial charge in [0.25, 0.3) is 5.56 Å². The van der Waals surface area contributed by atoms with E-state index >= 15 is 0 Å². The van der Waals surface area contributed by atoms with Gasteiger partial charge in [0.1, 0.15) is 11.6 Å². The molecule has 32 heavy (non-hydrogen) atoms. The fraction of sp³-hybridized carbons (Fsp3) is 0.333. The van der Waals surface area contributed by atoms with Crippen molar-refractivity contribution >= 4 is 10.9 Å². The van der Waals surface area contributed by atoms with E-state index in [2.05, 4.69) is 38.9 Å². The minimum atomic E-state index is -0.134. The van der Waals surface area contributed by atoms with Crippen LogP contribution in [0.3, 0.4) is 0 Å². The summed E-state index contributed by atoms with van der Waals surface area (Å²) >= 11 is 0. The molecule has 0 radical (unpaired) electrons. The second-order valence-corrected chi connectivity index (χ2v) is 7.66. The molecule has 0 saturated heterocycles. The quantitative estimate of drug-likeness (QED) is 0.423. The van der Waals surface area contributed by atoms with E-state index in [9.17, 15) is 4.79 Å². The maximum atomic E-state index is 12.4. The summed E-state index contributed by atoms with van der Waals surface area (Å²) < 4.78 is 11.0. The molecule has 4 rings (SSSR count). The summed E-state index contributed by atoms with van der Waals surface area (Å²) in [5.41, 5.74) is 1.41. The number of benzene rings is 2. The predicted octanol–water partition coefficient (Wildman–Crippen LogP) is 4.17.